The summed E-state index contributed by atoms with van der Waals surface area (Å²) in [5.74, 6) is 0. The summed E-state index contributed by atoms with van der Waals surface area (Å²) in [6.45, 7) is 3.92. The van der Waals surface area contributed by atoms with Crippen LogP contribution in [0.2, 0.25) is 0 Å². The molecule has 0 aromatic rings. The van der Waals surface area contributed by atoms with Crippen molar-refractivity contribution in [1.29, 1.82) is 0 Å². The second-order valence-corrected chi connectivity index (χ2v) is 5.51. The van der Waals surface area contributed by atoms with E-state index in [0.717, 1.165) is 13.2 Å². The van der Waals surface area contributed by atoms with E-state index in [1.54, 1.807) is 0 Å². The van der Waals surface area contributed by atoms with E-state index in [0.29, 0.717) is 9.15 Å². The minimum atomic E-state index is 0.333. The molecule has 0 N–H and O–H groups in total. The van der Waals surface area contributed by atoms with Gasteiger partial charge in [0, 0.05) is 5.41 Å². The monoisotopic (exact) mass is 242 g/mol. The maximum absolute atomic E-state index is 5.04. The normalized spacial score (nSPS) is 25.5. The fraction of sp³-hybridized carbons (Fsp3) is 1.00. The van der Waals surface area contributed by atoms with Crippen molar-refractivity contribution < 1.29 is 4.74 Å². The zero-order chi connectivity index (χ0) is 6.20. The van der Waals surface area contributed by atoms with Gasteiger partial charge in [-0.1, -0.05) is 38.8 Å². The Morgan fingerprint density at radius 2 is 2.00 bits per heavy atom. The summed E-state index contributed by atoms with van der Waals surface area (Å²) in [5, 5.41) is 0. The zero-order valence-electron chi connectivity index (χ0n) is 4.66. The standard InChI is InChI=1S/C5H8Br2O/c1-5(4(6)7)2-8-3-5/h4H,2-3H2,1H3. The van der Waals surface area contributed by atoms with E-state index in [4.69, 9.17) is 4.74 Å². The van der Waals surface area contributed by atoms with Crippen LogP contribution in [0.1, 0.15) is 6.92 Å². The summed E-state index contributed by atoms with van der Waals surface area (Å²) in [5.41, 5.74) is 0.333. The molecular formula is C5H8Br2O. The summed E-state index contributed by atoms with van der Waals surface area (Å²) < 4.78 is 5.44. The molecule has 0 radical (unpaired) electrons. The number of rotatable bonds is 1. The molecule has 0 aliphatic carbocycles. The first kappa shape index (κ1) is 7.03. The third kappa shape index (κ3) is 1.09. The Bertz CT molecular complexity index is 88.4. The molecule has 3 heteroatoms. The van der Waals surface area contributed by atoms with Crippen molar-refractivity contribution in [3.8, 4) is 0 Å². The van der Waals surface area contributed by atoms with Gasteiger partial charge in [0.15, 0.2) is 0 Å². The van der Waals surface area contributed by atoms with Gasteiger partial charge in [-0.3, -0.25) is 0 Å². The van der Waals surface area contributed by atoms with Gasteiger partial charge in [-0.15, -0.1) is 0 Å². The van der Waals surface area contributed by atoms with Crippen molar-refractivity contribution >= 4 is 31.9 Å². The molecule has 48 valence electrons. The molecule has 1 saturated heterocycles. The van der Waals surface area contributed by atoms with Crippen LogP contribution in [0.15, 0.2) is 0 Å². The minimum absolute atomic E-state index is 0.333. The van der Waals surface area contributed by atoms with E-state index in [1.165, 1.54) is 0 Å². The van der Waals surface area contributed by atoms with Gasteiger partial charge in [0.1, 0.15) is 0 Å². The molecule has 0 spiro atoms. The van der Waals surface area contributed by atoms with Crippen LogP contribution in [-0.2, 0) is 4.74 Å². The Kier molecular flexibility index (Phi) is 2.00. The first-order chi connectivity index (χ1) is 3.65. The lowest BCUT2D eigenvalue weighted by atomic mass is 9.92. The van der Waals surface area contributed by atoms with E-state index >= 15 is 0 Å². The summed E-state index contributed by atoms with van der Waals surface area (Å²) in [6.07, 6.45) is 0. The van der Waals surface area contributed by atoms with Crippen LogP contribution in [0.4, 0.5) is 0 Å². The molecule has 1 nitrogen and oxygen atoms in total. The predicted molar refractivity (Wildman–Crippen MR) is 40.6 cm³/mol. The maximum atomic E-state index is 5.04. The lowest BCUT2D eigenvalue weighted by molar-refractivity contribution is -0.0890. The smallest absolute Gasteiger partial charge is 0.0795 e. The second kappa shape index (κ2) is 2.27. The summed E-state index contributed by atoms with van der Waals surface area (Å²) in [4.78, 5) is 0. The van der Waals surface area contributed by atoms with Crippen molar-refractivity contribution in [2.45, 2.75) is 10.7 Å². The number of hydrogen-bond donors (Lipinski definition) is 0. The van der Waals surface area contributed by atoms with E-state index in [2.05, 4.69) is 38.8 Å². The molecular weight excluding hydrogens is 236 g/mol. The van der Waals surface area contributed by atoms with Crippen LogP contribution in [0.5, 0.6) is 0 Å². The molecule has 0 atom stereocenters. The third-order valence-electron chi connectivity index (χ3n) is 1.39. The van der Waals surface area contributed by atoms with Gasteiger partial charge < -0.3 is 4.74 Å². The molecule has 1 rings (SSSR count). The maximum Gasteiger partial charge on any atom is 0.0795 e. The highest BCUT2D eigenvalue weighted by molar-refractivity contribution is 9.24. The van der Waals surface area contributed by atoms with Crippen LogP contribution < -0.4 is 0 Å². The Morgan fingerprint density at radius 3 is 2.00 bits per heavy atom. The van der Waals surface area contributed by atoms with Gasteiger partial charge in [0.25, 0.3) is 0 Å². The Hall–Kier alpha value is 0.920. The fourth-order valence-corrected chi connectivity index (χ4v) is 1.08. The quantitative estimate of drug-likeness (QED) is 0.642. The van der Waals surface area contributed by atoms with Gasteiger partial charge >= 0.3 is 0 Å². The molecule has 0 unspecified atom stereocenters. The predicted octanol–water partition coefficient (Wildman–Crippen LogP) is 2.14. The average molecular weight is 244 g/mol. The van der Waals surface area contributed by atoms with Crippen LogP contribution in [-0.4, -0.2) is 17.0 Å². The number of alkyl halides is 2. The van der Waals surface area contributed by atoms with Gasteiger partial charge in [-0.25, -0.2) is 0 Å². The molecule has 0 saturated carbocycles. The van der Waals surface area contributed by atoms with Crippen molar-refractivity contribution in [2.24, 2.45) is 5.41 Å². The van der Waals surface area contributed by atoms with Gasteiger partial charge in [0.2, 0.25) is 0 Å². The Labute approximate surface area is 66.0 Å². The first-order valence-electron chi connectivity index (χ1n) is 2.51. The highest BCUT2D eigenvalue weighted by Crippen LogP contribution is 2.38. The number of ether oxygens (including phenoxy) is 1. The molecule has 1 aliphatic heterocycles. The van der Waals surface area contributed by atoms with Crippen LogP contribution in [0.3, 0.4) is 0 Å². The molecule has 0 aromatic heterocycles. The van der Waals surface area contributed by atoms with E-state index < -0.39 is 0 Å². The van der Waals surface area contributed by atoms with E-state index in [-0.39, 0.29) is 0 Å². The molecule has 0 bridgehead atoms. The van der Waals surface area contributed by atoms with Crippen molar-refractivity contribution in [3.63, 3.8) is 0 Å². The summed E-state index contributed by atoms with van der Waals surface area (Å²) >= 11 is 6.89. The van der Waals surface area contributed by atoms with Crippen LogP contribution in [0, 0.1) is 5.41 Å². The Balaban J connectivity index is 2.41. The largest absolute Gasteiger partial charge is 0.380 e. The second-order valence-electron chi connectivity index (χ2n) is 2.45. The van der Waals surface area contributed by atoms with Gasteiger partial charge in [-0.05, 0) is 0 Å². The topological polar surface area (TPSA) is 9.23 Å². The fourth-order valence-electron chi connectivity index (χ4n) is 0.550. The van der Waals surface area contributed by atoms with Crippen LogP contribution in [0.25, 0.3) is 0 Å². The zero-order valence-corrected chi connectivity index (χ0v) is 7.83. The molecule has 1 heterocycles. The molecule has 0 amide bonds. The van der Waals surface area contributed by atoms with E-state index in [1.807, 2.05) is 0 Å². The van der Waals surface area contributed by atoms with Gasteiger partial charge in [-0.2, -0.15) is 0 Å². The lowest BCUT2D eigenvalue weighted by Crippen LogP contribution is -2.44. The van der Waals surface area contributed by atoms with Crippen molar-refractivity contribution in [3.05, 3.63) is 0 Å². The third-order valence-corrected chi connectivity index (χ3v) is 3.60. The average Bonchev–Trinajstić information content (AvgIpc) is 1.60. The Morgan fingerprint density at radius 1 is 1.50 bits per heavy atom. The van der Waals surface area contributed by atoms with Crippen molar-refractivity contribution in [2.75, 3.05) is 13.2 Å². The van der Waals surface area contributed by atoms with Gasteiger partial charge in [0.05, 0.1) is 17.0 Å². The lowest BCUT2D eigenvalue weighted by Gasteiger charge is -2.39. The molecule has 8 heavy (non-hydrogen) atoms. The molecule has 1 fully saturated rings. The first-order valence-corrected chi connectivity index (χ1v) is 4.34. The van der Waals surface area contributed by atoms with Crippen molar-refractivity contribution in [1.82, 2.24) is 0 Å². The summed E-state index contributed by atoms with van der Waals surface area (Å²) in [7, 11) is 0. The molecule has 0 aromatic carbocycles. The highest BCUT2D eigenvalue weighted by atomic mass is 79.9. The number of halogens is 2. The minimum Gasteiger partial charge on any atom is -0.380 e. The van der Waals surface area contributed by atoms with E-state index in [9.17, 15) is 0 Å². The molecule has 1 aliphatic rings. The number of hydrogen-bond acceptors (Lipinski definition) is 1. The van der Waals surface area contributed by atoms with Crippen LogP contribution >= 0.6 is 31.9 Å². The summed E-state index contributed by atoms with van der Waals surface area (Å²) in [6, 6.07) is 0. The SMILES string of the molecule is CC1(C(Br)Br)COC1. The highest BCUT2D eigenvalue weighted by Gasteiger charge is 2.38.